The van der Waals surface area contributed by atoms with E-state index in [1.807, 2.05) is 6.07 Å². The largest absolute Gasteiger partial charge is 0.508 e. The average Bonchev–Trinajstić information content (AvgIpc) is 3.12. The van der Waals surface area contributed by atoms with E-state index in [0.29, 0.717) is 17.5 Å². The number of aromatic hydroxyl groups is 1. The summed E-state index contributed by atoms with van der Waals surface area (Å²) < 4.78 is 0. The molecule has 0 saturated heterocycles. The molecule has 1 heterocycles. The van der Waals surface area contributed by atoms with Gasteiger partial charge in [-0.3, -0.25) is 4.90 Å². The highest BCUT2D eigenvalue weighted by Gasteiger charge is 2.29. The van der Waals surface area contributed by atoms with Crippen molar-refractivity contribution in [2.75, 3.05) is 5.73 Å². The molecule has 3 nitrogen and oxygen atoms in total. The van der Waals surface area contributed by atoms with Gasteiger partial charge in [-0.1, -0.05) is 0 Å². The maximum atomic E-state index is 9.93. The first-order chi connectivity index (χ1) is 9.22. The SMILES string of the molecule is Nc1ccc(O)c(CN(Cc2ccsc2)C2CC2)c1. The molecular formula is C15H18N2OS. The van der Waals surface area contributed by atoms with Crippen LogP contribution in [0.3, 0.4) is 0 Å². The van der Waals surface area contributed by atoms with Gasteiger partial charge in [0.25, 0.3) is 0 Å². The molecule has 0 bridgehead atoms. The van der Waals surface area contributed by atoms with E-state index in [-0.39, 0.29) is 0 Å². The second kappa shape index (κ2) is 5.23. The van der Waals surface area contributed by atoms with E-state index < -0.39 is 0 Å². The fourth-order valence-electron chi connectivity index (χ4n) is 2.32. The fourth-order valence-corrected chi connectivity index (χ4v) is 2.98. The summed E-state index contributed by atoms with van der Waals surface area (Å²) in [5, 5.41) is 14.2. The molecule has 4 heteroatoms. The minimum Gasteiger partial charge on any atom is -0.508 e. The number of nitrogens with two attached hydrogens (primary N) is 1. The van der Waals surface area contributed by atoms with Crippen LogP contribution in [0.25, 0.3) is 0 Å². The van der Waals surface area contributed by atoms with Crippen LogP contribution in [-0.2, 0) is 13.1 Å². The highest BCUT2D eigenvalue weighted by atomic mass is 32.1. The van der Waals surface area contributed by atoms with Crippen molar-refractivity contribution in [3.8, 4) is 5.75 Å². The van der Waals surface area contributed by atoms with Crippen molar-refractivity contribution in [2.45, 2.75) is 32.0 Å². The summed E-state index contributed by atoms with van der Waals surface area (Å²) in [5.41, 5.74) is 8.78. The van der Waals surface area contributed by atoms with Crippen molar-refractivity contribution in [2.24, 2.45) is 0 Å². The summed E-state index contributed by atoms with van der Waals surface area (Å²) in [4.78, 5) is 2.43. The minimum atomic E-state index is 0.338. The Morgan fingerprint density at radius 3 is 2.79 bits per heavy atom. The summed E-state index contributed by atoms with van der Waals surface area (Å²) in [5.74, 6) is 0.338. The van der Waals surface area contributed by atoms with Gasteiger partial charge in [0.1, 0.15) is 5.75 Å². The molecule has 0 aliphatic heterocycles. The lowest BCUT2D eigenvalue weighted by molar-refractivity contribution is 0.243. The number of nitrogens with zero attached hydrogens (tertiary/aromatic N) is 1. The zero-order valence-corrected chi connectivity index (χ0v) is 11.6. The summed E-state index contributed by atoms with van der Waals surface area (Å²) >= 11 is 1.73. The van der Waals surface area contributed by atoms with Gasteiger partial charge in [-0.05, 0) is 53.4 Å². The molecule has 100 valence electrons. The Morgan fingerprint density at radius 2 is 2.11 bits per heavy atom. The second-order valence-electron chi connectivity index (χ2n) is 5.16. The Morgan fingerprint density at radius 1 is 1.26 bits per heavy atom. The Hall–Kier alpha value is -1.52. The van der Waals surface area contributed by atoms with Crippen LogP contribution in [-0.4, -0.2) is 16.0 Å². The molecule has 0 amide bonds. The molecule has 3 rings (SSSR count). The van der Waals surface area contributed by atoms with E-state index in [4.69, 9.17) is 5.73 Å². The minimum absolute atomic E-state index is 0.338. The molecule has 1 aliphatic carbocycles. The van der Waals surface area contributed by atoms with Crippen molar-refractivity contribution < 1.29 is 5.11 Å². The van der Waals surface area contributed by atoms with E-state index in [2.05, 4.69) is 21.7 Å². The van der Waals surface area contributed by atoms with Gasteiger partial charge >= 0.3 is 0 Å². The Balaban J connectivity index is 1.76. The first-order valence-electron chi connectivity index (χ1n) is 6.55. The number of anilines is 1. The quantitative estimate of drug-likeness (QED) is 0.650. The first kappa shape index (κ1) is 12.5. The third-order valence-electron chi connectivity index (χ3n) is 3.51. The van der Waals surface area contributed by atoms with Gasteiger partial charge in [0, 0.05) is 30.4 Å². The van der Waals surface area contributed by atoms with Crippen LogP contribution in [0.5, 0.6) is 5.75 Å². The summed E-state index contributed by atoms with van der Waals surface area (Å²) in [7, 11) is 0. The maximum absolute atomic E-state index is 9.93. The second-order valence-corrected chi connectivity index (χ2v) is 5.94. The summed E-state index contributed by atoms with van der Waals surface area (Å²) in [6, 6.07) is 8.11. The van der Waals surface area contributed by atoms with E-state index in [9.17, 15) is 5.11 Å². The van der Waals surface area contributed by atoms with Gasteiger partial charge in [-0.2, -0.15) is 11.3 Å². The lowest BCUT2D eigenvalue weighted by Gasteiger charge is -2.22. The third-order valence-corrected chi connectivity index (χ3v) is 4.24. The zero-order chi connectivity index (χ0) is 13.2. The molecule has 0 radical (unpaired) electrons. The smallest absolute Gasteiger partial charge is 0.120 e. The predicted octanol–water partition coefficient (Wildman–Crippen LogP) is 3.20. The van der Waals surface area contributed by atoms with E-state index in [1.165, 1.54) is 18.4 Å². The Bertz CT molecular complexity index is 549. The van der Waals surface area contributed by atoms with E-state index in [0.717, 1.165) is 18.7 Å². The topological polar surface area (TPSA) is 49.5 Å². The highest BCUT2D eigenvalue weighted by molar-refractivity contribution is 7.07. The Labute approximate surface area is 117 Å². The molecule has 0 atom stereocenters. The molecule has 0 unspecified atom stereocenters. The van der Waals surface area contributed by atoms with Crippen LogP contribution >= 0.6 is 11.3 Å². The monoisotopic (exact) mass is 274 g/mol. The Kier molecular flexibility index (Phi) is 3.44. The van der Waals surface area contributed by atoms with E-state index >= 15 is 0 Å². The number of hydrogen-bond donors (Lipinski definition) is 2. The number of rotatable bonds is 5. The third kappa shape index (κ3) is 3.08. The molecule has 2 aromatic rings. The zero-order valence-electron chi connectivity index (χ0n) is 10.7. The fraction of sp³-hybridized carbons (Fsp3) is 0.333. The maximum Gasteiger partial charge on any atom is 0.120 e. The highest BCUT2D eigenvalue weighted by Crippen LogP contribution is 2.32. The molecule has 1 aliphatic rings. The number of hydrogen-bond acceptors (Lipinski definition) is 4. The average molecular weight is 274 g/mol. The van der Waals surface area contributed by atoms with Crippen LogP contribution in [0.1, 0.15) is 24.0 Å². The molecule has 1 saturated carbocycles. The molecule has 1 aromatic heterocycles. The number of thiophene rings is 1. The van der Waals surface area contributed by atoms with Crippen LogP contribution in [0.4, 0.5) is 5.69 Å². The standard InChI is InChI=1S/C15H18N2OS/c16-13-1-4-15(18)12(7-13)9-17(14-2-3-14)8-11-5-6-19-10-11/h1,4-7,10,14,18H,2-3,8-9,16H2. The molecular weight excluding hydrogens is 256 g/mol. The molecule has 3 N–H and O–H groups in total. The predicted molar refractivity (Wildman–Crippen MR) is 79.1 cm³/mol. The number of phenolic OH excluding ortho intramolecular Hbond substituents is 1. The molecule has 0 spiro atoms. The lowest BCUT2D eigenvalue weighted by atomic mass is 10.1. The number of nitrogen functional groups attached to an aromatic ring is 1. The summed E-state index contributed by atoms with van der Waals surface area (Å²) in [6.07, 6.45) is 2.51. The van der Waals surface area contributed by atoms with Crippen molar-refractivity contribution in [3.63, 3.8) is 0 Å². The van der Waals surface area contributed by atoms with E-state index in [1.54, 1.807) is 23.5 Å². The number of benzene rings is 1. The van der Waals surface area contributed by atoms with Crippen molar-refractivity contribution >= 4 is 17.0 Å². The van der Waals surface area contributed by atoms with Crippen LogP contribution in [0.2, 0.25) is 0 Å². The van der Waals surface area contributed by atoms with Gasteiger partial charge in [-0.25, -0.2) is 0 Å². The normalized spacial score (nSPS) is 15.0. The van der Waals surface area contributed by atoms with Gasteiger partial charge in [0.05, 0.1) is 0 Å². The van der Waals surface area contributed by atoms with Crippen LogP contribution in [0.15, 0.2) is 35.0 Å². The first-order valence-corrected chi connectivity index (χ1v) is 7.49. The lowest BCUT2D eigenvalue weighted by Crippen LogP contribution is -2.24. The van der Waals surface area contributed by atoms with Gasteiger partial charge in [0.2, 0.25) is 0 Å². The molecule has 1 aromatic carbocycles. The van der Waals surface area contributed by atoms with Crippen LogP contribution in [0, 0.1) is 0 Å². The van der Waals surface area contributed by atoms with Gasteiger partial charge < -0.3 is 10.8 Å². The van der Waals surface area contributed by atoms with Crippen molar-refractivity contribution in [1.29, 1.82) is 0 Å². The number of phenols is 1. The molecule has 19 heavy (non-hydrogen) atoms. The van der Waals surface area contributed by atoms with Gasteiger partial charge in [0.15, 0.2) is 0 Å². The molecule has 1 fully saturated rings. The van der Waals surface area contributed by atoms with Crippen molar-refractivity contribution in [3.05, 3.63) is 46.2 Å². The van der Waals surface area contributed by atoms with Gasteiger partial charge in [-0.15, -0.1) is 0 Å². The van der Waals surface area contributed by atoms with Crippen LogP contribution < -0.4 is 5.73 Å². The van der Waals surface area contributed by atoms with Crippen molar-refractivity contribution in [1.82, 2.24) is 4.90 Å². The summed E-state index contributed by atoms with van der Waals surface area (Å²) in [6.45, 7) is 1.71.